The zero-order chi connectivity index (χ0) is 55.0. The van der Waals surface area contributed by atoms with Crippen LogP contribution < -0.4 is 5.32 Å². The molecule has 0 radical (unpaired) electrons. The fourth-order valence-electron chi connectivity index (χ4n) is 8.55. The van der Waals surface area contributed by atoms with E-state index in [1.54, 1.807) is 0 Å². The summed E-state index contributed by atoms with van der Waals surface area (Å²) < 4.78 is 30.7. The van der Waals surface area contributed by atoms with Crippen molar-refractivity contribution < 1.29 is 37.3 Å². The normalized spacial score (nSPS) is 14.3. The molecule has 3 atom stereocenters. The van der Waals surface area contributed by atoms with Crippen molar-refractivity contribution in [1.29, 1.82) is 0 Å². The summed E-state index contributed by atoms with van der Waals surface area (Å²) in [4.78, 5) is 37.7. The molecule has 0 saturated carbocycles. The van der Waals surface area contributed by atoms with Crippen molar-refractivity contribution in [2.75, 3.05) is 40.9 Å². The molecule has 0 aliphatic carbocycles. The van der Waals surface area contributed by atoms with Crippen LogP contribution in [-0.2, 0) is 27.9 Å². The lowest BCUT2D eigenvalue weighted by molar-refractivity contribution is -0.870. The Labute approximate surface area is 463 Å². The summed E-state index contributed by atoms with van der Waals surface area (Å²) in [6.07, 6.45) is 71.5. The second kappa shape index (κ2) is 54.5. The molecule has 0 bridgehead atoms. The van der Waals surface area contributed by atoms with Crippen LogP contribution in [0.5, 0.6) is 0 Å². The number of hydrogen-bond donors (Lipinski definition) is 2. The predicted molar refractivity (Wildman–Crippen MR) is 323 cm³/mol. The first-order valence-electron chi connectivity index (χ1n) is 30.9. The van der Waals surface area contributed by atoms with E-state index in [1.807, 2.05) is 33.3 Å². The fraction of sp³-hybridized carbons (Fsp3) is 0.754. The number of allylic oxidation sites excluding steroid dienone is 13. The van der Waals surface area contributed by atoms with E-state index >= 15 is 0 Å². The molecule has 75 heavy (non-hydrogen) atoms. The van der Waals surface area contributed by atoms with E-state index in [0.29, 0.717) is 17.4 Å². The third-order valence-electron chi connectivity index (χ3n) is 13.3. The molecule has 0 aliphatic heterocycles. The van der Waals surface area contributed by atoms with Gasteiger partial charge in [0, 0.05) is 12.8 Å². The highest BCUT2D eigenvalue weighted by Gasteiger charge is 2.30. The SMILES string of the molecule is CC/C=C\C/C=C\C/C=C\C/C=C\C/C=C\CCCCCCCCCC(=O)NC(COP(=O)(O)OCC[N+](C)(C)C)C(/C=C\CCCCCCCCCCC)OC(=O)CCCCCCCCC/C=C\CCCCCC. The van der Waals surface area contributed by atoms with Crippen LogP contribution in [0, 0.1) is 0 Å². The zero-order valence-electron chi connectivity index (χ0n) is 49.5. The lowest BCUT2D eigenvalue weighted by Crippen LogP contribution is -2.47. The van der Waals surface area contributed by atoms with Gasteiger partial charge in [0.15, 0.2) is 0 Å². The molecular formula is C65H118N2O7P+. The number of rotatable bonds is 55. The van der Waals surface area contributed by atoms with Gasteiger partial charge in [-0.25, -0.2) is 4.57 Å². The van der Waals surface area contributed by atoms with Gasteiger partial charge in [0.05, 0.1) is 33.8 Å². The minimum atomic E-state index is -4.45. The van der Waals surface area contributed by atoms with Gasteiger partial charge in [0.1, 0.15) is 19.3 Å². The molecule has 434 valence electrons. The highest BCUT2D eigenvalue weighted by molar-refractivity contribution is 7.47. The lowest BCUT2D eigenvalue weighted by atomic mass is 10.1. The molecule has 0 aliphatic rings. The highest BCUT2D eigenvalue weighted by atomic mass is 31.2. The van der Waals surface area contributed by atoms with Gasteiger partial charge in [0.25, 0.3) is 0 Å². The van der Waals surface area contributed by atoms with Crippen LogP contribution in [-0.4, -0.2) is 74.3 Å². The Hall–Kier alpha value is -2.81. The van der Waals surface area contributed by atoms with Crippen molar-refractivity contribution in [3.05, 3.63) is 85.1 Å². The van der Waals surface area contributed by atoms with Crippen molar-refractivity contribution in [3.8, 4) is 0 Å². The molecule has 0 rings (SSSR count). The number of unbranched alkanes of at least 4 members (excludes halogenated alkanes) is 27. The summed E-state index contributed by atoms with van der Waals surface area (Å²) in [5.74, 6) is -0.524. The molecule has 9 nitrogen and oxygen atoms in total. The quantitative estimate of drug-likeness (QED) is 0.0205. The first-order valence-corrected chi connectivity index (χ1v) is 32.4. The van der Waals surface area contributed by atoms with E-state index in [9.17, 15) is 19.0 Å². The average Bonchev–Trinajstić information content (AvgIpc) is 3.37. The lowest BCUT2D eigenvalue weighted by Gasteiger charge is -2.27. The summed E-state index contributed by atoms with van der Waals surface area (Å²) in [7, 11) is 1.48. The fourth-order valence-corrected chi connectivity index (χ4v) is 9.29. The first-order chi connectivity index (χ1) is 36.4. The Morgan fingerprint density at radius 2 is 0.853 bits per heavy atom. The van der Waals surface area contributed by atoms with E-state index < -0.39 is 20.0 Å². The minimum absolute atomic E-state index is 0.0340. The number of quaternary nitrogens is 1. The minimum Gasteiger partial charge on any atom is -0.456 e. The summed E-state index contributed by atoms with van der Waals surface area (Å²) in [6.45, 7) is 6.87. The van der Waals surface area contributed by atoms with Crippen LogP contribution >= 0.6 is 7.82 Å². The van der Waals surface area contributed by atoms with Crippen molar-refractivity contribution in [1.82, 2.24) is 5.32 Å². The van der Waals surface area contributed by atoms with E-state index in [1.165, 1.54) is 116 Å². The Morgan fingerprint density at radius 3 is 1.31 bits per heavy atom. The molecule has 0 spiro atoms. The molecule has 0 heterocycles. The van der Waals surface area contributed by atoms with Gasteiger partial charge in [-0.15, -0.1) is 0 Å². The van der Waals surface area contributed by atoms with Crippen LogP contribution in [0.1, 0.15) is 265 Å². The maximum Gasteiger partial charge on any atom is 0.472 e. The maximum atomic E-state index is 13.5. The van der Waals surface area contributed by atoms with Crippen LogP contribution in [0.4, 0.5) is 0 Å². The van der Waals surface area contributed by atoms with Crippen LogP contribution in [0.15, 0.2) is 85.1 Å². The average molecular weight is 1070 g/mol. The monoisotopic (exact) mass is 1070 g/mol. The second-order valence-electron chi connectivity index (χ2n) is 21.8. The number of likely N-dealkylation sites (N-methyl/N-ethyl adjacent to an activating group) is 1. The molecule has 2 N–H and O–H groups in total. The van der Waals surface area contributed by atoms with E-state index in [-0.39, 0.29) is 31.5 Å². The Balaban J connectivity index is 5.21. The van der Waals surface area contributed by atoms with Gasteiger partial charge in [-0.3, -0.25) is 18.6 Å². The highest BCUT2D eigenvalue weighted by Crippen LogP contribution is 2.43. The van der Waals surface area contributed by atoms with Gasteiger partial charge >= 0.3 is 13.8 Å². The molecule has 10 heteroatoms. The number of phosphoric acid groups is 1. The zero-order valence-corrected chi connectivity index (χ0v) is 50.4. The Kier molecular flexibility index (Phi) is 52.5. The molecule has 0 fully saturated rings. The van der Waals surface area contributed by atoms with Crippen molar-refractivity contribution >= 4 is 19.7 Å². The van der Waals surface area contributed by atoms with E-state index in [2.05, 4.69) is 99.0 Å². The summed E-state index contributed by atoms with van der Waals surface area (Å²) >= 11 is 0. The Bertz CT molecular complexity index is 1560. The number of nitrogens with zero attached hydrogens (tertiary/aromatic N) is 1. The summed E-state index contributed by atoms with van der Waals surface area (Å²) in [6, 6.07) is -0.859. The van der Waals surface area contributed by atoms with Gasteiger partial charge in [0.2, 0.25) is 5.91 Å². The number of carbonyl (C=O) groups is 2. The van der Waals surface area contributed by atoms with E-state index in [4.69, 9.17) is 13.8 Å². The van der Waals surface area contributed by atoms with Gasteiger partial charge in [-0.1, -0.05) is 235 Å². The number of phosphoric ester groups is 1. The molecule has 3 unspecified atom stereocenters. The molecule has 0 aromatic heterocycles. The van der Waals surface area contributed by atoms with Gasteiger partial charge in [-0.05, 0) is 102 Å². The third kappa shape index (κ3) is 55.7. The molecular weight excluding hydrogens is 952 g/mol. The number of amides is 1. The summed E-state index contributed by atoms with van der Waals surface area (Å²) in [5, 5.41) is 3.05. The number of hydrogen-bond acceptors (Lipinski definition) is 6. The van der Waals surface area contributed by atoms with Crippen molar-refractivity contribution in [2.45, 2.75) is 277 Å². The molecule has 0 aromatic carbocycles. The van der Waals surface area contributed by atoms with Gasteiger partial charge < -0.3 is 19.4 Å². The smallest absolute Gasteiger partial charge is 0.456 e. The number of nitrogens with one attached hydrogen (secondary N) is 1. The van der Waals surface area contributed by atoms with Crippen LogP contribution in [0.3, 0.4) is 0 Å². The number of esters is 1. The van der Waals surface area contributed by atoms with Gasteiger partial charge in [-0.2, -0.15) is 0 Å². The maximum absolute atomic E-state index is 13.5. The molecule has 0 aromatic rings. The topological polar surface area (TPSA) is 111 Å². The Morgan fingerprint density at radius 1 is 0.480 bits per heavy atom. The molecule has 0 saturated heterocycles. The molecule has 1 amide bonds. The standard InChI is InChI=1S/C65H117N2O7P/c1-7-10-13-16-19-22-25-27-29-30-31-32-33-34-35-36-38-39-42-45-48-51-54-57-64(68)66-62(61-73-75(70,71)72-60-59-67(4,5)6)63(56-53-50-47-44-41-24-21-18-15-12-9-3)74-65(69)58-55-52-49-46-43-40-37-28-26-23-20-17-14-11-8-2/h10,13,19,22-23,26-27,29,31-32,34-35,53,56,62-63H,7-9,11-12,14-18,20-21,24-25,28,30,33,36-52,54-55,57-61H2,1-6H3,(H-,66,68,70,71)/p+1/b13-10-,22-19-,26-23-,29-27-,32-31-,35-34-,56-53-. The predicted octanol–water partition coefficient (Wildman–Crippen LogP) is 19.0. The second-order valence-corrected chi connectivity index (χ2v) is 23.3. The summed E-state index contributed by atoms with van der Waals surface area (Å²) in [5.41, 5.74) is 0. The third-order valence-corrected chi connectivity index (χ3v) is 14.3. The number of carbonyl (C=O) groups excluding carboxylic acids is 2. The number of ether oxygens (including phenoxy) is 1. The van der Waals surface area contributed by atoms with E-state index in [0.717, 1.165) is 116 Å². The van der Waals surface area contributed by atoms with Crippen LogP contribution in [0.25, 0.3) is 0 Å². The van der Waals surface area contributed by atoms with Crippen molar-refractivity contribution in [3.63, 3.8) is 0 Å². The van der Waals surface area contributed by atoms with Crippen LogP contribution in [0.2, 0.25) is 0 Å². The first kappa shape index (κ1) is 72.2. The van der Waals surface area contributed by atoms with Crippen molar-refractivity contribution in [2.24, 2.45) is 0 Å². The largest absolute Gasteiger partial charge is 0.472 e.